The van der Waals surface area contributed by atoms with Gasteiger partial charge in [0.25, 0.3) is 0 Å². The van der Waals surface area contributed by atoms with Crippen LogP contribution in [0.3, 0.4) is 0 Å². The molecular weight excluding hydrogens is 279 g/mol. The van der Waals surface area contributed by atoms with Crippen LogP contribution in [0.2, 0.25) is 0 Å². The molecule has 0 aliphatic rings. The summed E-state index contributed by atoms with van der Waals surface area (Å²) < 4.78 is 13.4. The molecule has 0 aromatic heterocycles. The van der Waals surface area contributed by atoms with Crippen molar-refractivity contribution in [2.45, 2.75) is 26.4 Å². The summed E-state index contributed by atoms with van der Waals surface area (Å²) in [6.45, 7) is 3.52. The molecule has 116 valence electrons. The molecule has 0 unspecified atom stereocenters. The summed E-state index contributed by atoms with van der Waals surface area (Å²) in [5, 5.41) is 5.95. The standard InChI is InChI=1S/C18H21FN2O/c1-14-6-8-15(9-7-14)12-21-18(22)10-11-20-13-16-4-2-3-5-17(16)19/h2-9,20H,10-13H2,1H3,(H,21,22). The maximum atomic E-state index is 13.4. The van der Waals surface area contributed by atoms with Gasteiger partial charge in [-0.1, -0.05) is 48.0 Å². The lowest BCUT2D eigenvalue weighted by Crippen LogP contribution is -2.27. The van der Waals surface area contributed by atoms with E-state index < -0.39 is 0 Å². The van der Waals surface area contributed by atoms with E-state index in [1.807, 2.05) is 31.2 Å². The van der Waals surface area contributed by atoms with Crippen molar-refractivity contribution in [1.29, 1.82) is 0 Å². The van der Waals surface area contributed by atoms with Gasteiger partial charge in [0.15, 0.2) is 0 Å². The fraction of sp³-hybridized carbons (Fsp3) is 0.278. The third kappa shape index (κ3) is 5.30. The molecule has 0 fully saturated rings. The molecule has 2 aromatic rings. The van der Waals surface area contributed by atoms with E-state index in [1.165, 1.54) is 11.6 Å². The Morgan fingerprint density at radius 3 is 2.50 bits per heavy atom. The fourth-order valence-corrected chi connectivity index (χ4v) is 2.06. The Labute approximate surface area is 130 Å². The van der Waals surface area contributed by atoms with Gasteiger partial charge in [0.05, 0.1) is 0 Å². The number of aryl methyl sites for hydroxylation is 1. The van der Waals surface area contributed by atoms with Crippen LogP contribution in [0, 0.1) is 12.7 Å². The van der Waals surface area contributed by atoms with Crippen LogP contribution in [0.5, 0.6) is 0 Å². The number of rotatable bonds is 7. The van der Waals surface area contributed by atoms with E-state index in [9.17, 15) is 9.18 Å². The molecule has 0 aliphatic heterocycles. The molecule has 0 saturated heterocycles. The van der Waals surface area contributed by atoms with Crippen LogP contribution < -0.4 is 10.6 Å². The normalized spacial score (nSPS) is 10.5. The fourth-order valence-electron chi connectivity index (χ4n) is 2.06. The molecular formula is C18H21FN2O. The number of carbonyl (C=O) groups excluding carboxylic acids is 1. The second kappa shape index (κ2) is 8.29. The van der Waals surface area contributed by atoms with Crippen molar-refractivity contribution in [3.8, 4) is 0 Å². The quantitative estimate of drug-likeness (QED) is 0.772. The highest BCUT2D eigenvalue weighted by molar-refractivity contribution is 5.76. The Morgan fingerprint density at radius 1 is 1.05 bits per heavy atom. The summed E-state index contributed by atoms with van der Waals surface area (Å²) in [6.07, 6.45) is 0.375. The number of carbonyl (C=O) groups is 1. The van der Waals surface area contributed by atoms with Crippen LogP contribution in [0.15, 0.2) is 48.5 Å². The number of hydrogen-bond donors (Lipinski definition) is 2. The molecule has 0 spiro atoms. The van der Waals surface area contributed by atoms with Gasteiger partial charge in [-0.2, -0.15) is 0 Å². The van der Waals surface area contributed by atoms with Crippen molar-refractivity contribution in [2.24, 2.45) is 0 Å². The maximum absolute atomic E-state index is 13.4. The van der Waals surface area contributed by atoms with E-state index in [0.717, 1.165) is 5.56 Å². The minimum Gasteiger partial charge on any atom is -0.352 e. The van der Waals surface area contributed by atoms with Crippen molar-refractivity contribution < 1.29 is 9.18 Å². The molecule has 2 rings (SSSR count). The predicted octanol–water partition coefficient (Wildman–Crippen LogP) is 2.93. The van der Waals surface area contributed by atoms with Gasteiger partial charge >= 0.3 is 0 Å². The Kier molecular flexibility index (Phi) is 6.10. The minimum absolute atomic E-state index is 0.0124. The molecule has 0 heterocycles. The highest BCUT2D eigenvalue weighted by atomic mass is 19.1. The summed E-state index contributed by atoms with van der Waals surface area (Å²) in [4.78, 5) is 11.7. The van der Waals surface area contributed by atoms with Gasteiger partial charge in [-0.25, -0.2) is 4.39 Å². The van der Waals surface area contributed by atoms with Crippen molar-refractivity contribution >= 4 is 5.91 Å². The number of amides is 1. The van der Waals surface area contributed by atoms with Crippen molar-refractivity contribution in [3.05, 3.63) is 71.0 Å². The van der Waals surface area contributed by atoms with E-state index in [0.29, 0.717) is 31.6 Å². The first kappa shape index (κ1) is 16.2. The number of nitrogens with one attached hydrogen (secondary N) is 2. The number of benzene rings is 2. The molecule has 0 atom stereocenters. The van der Waals surface area contributed by atoms with E-state index >= 15 is 0 Å². The largest absolute Gasteiger partial charge is 0.352 e. The van der Waals surface area contributed by atoms with Gasteiger partial charge in [0.1, 0.15) is 5.82 Å². The Bertz CT molecular complexity index is 611. The van der Waals surface area contributed by atoms with Crippen LogP contribution in [-0.4, -0.2) is 12.5 Å². The van der Waals surface area contributed by atoms with Gasteiger partial charge < -0.3 is 10.6 Å². The first-order valence-corrected chi connectivity index (χ1v) is 7.41. The average molecular weight is 300 g/mol. The molecule has 2 aromatic carbocycles. The van der Waals surface area contributed by atoms with Gasteiger partial charge in [-0.05, 0) is 18.6 Å². The summed E-state index contributed by atoms with van der Waals surface area (Å²) in [5.74, 6) is -0.236. The maximum Gasteiger partial charge on any atom is 0.221 e. The van der Waals surface area contributed by atoms with E-state index in [1.54, 1.807) is 18.2 Å². The lowest BCUT2D eigenvalue weighted by atomic mass is 10.1. The molecule has 0 radical (unpaired) electrons. The van der Waals surface area contributed by atoms with Gasteiger partial charge in [0.2, 0.25) is 5.91 Å². The van der Waals surface area contributed by atoms with Crippen molar-refractivity contribution in [2.75, 3.05) is 6.54 Å². The third-order valence-electron chi connectivity index (χ3n) is 3.41. The molecule has 22 heavy (non-hydrogen) atoms. The first-order chi connectivity index (χ1) is 10.6. The zero-order valence-electron chi connectivity index (χ0n) is 12.7. The second-order valence-electron chi connectivity index (χ2n) is 5.28. The van der Waals surface area contributed by atoms with Gasteiger partial charge in [-0.3, -0.25) is 4.79 Å². The van der Waals surface area contributed by atoms with Gasteiger partial charge in [0, 0.05) is 31.6 Å². The lowest BCUT2D eigenvalue weighted by Gasteiger charge is -2.07. The van der Waals surface area contributed by atoms with Crippen molar-refractivity contribution in [3.63, 3.8) is 0 Å². The minimum atomic E-state index is -0.223. The number of halogens is 1. The molecule has 1 amide bonds. The number of hydrogen-bond acceptors (Lipinski definition) is 2. The molecule has 0 bridgehead atoms. The van der Waals surface area contributed by atoms with Crippen LogP contribution in [-0.2, 0) is 17.9 Å². The zero-order chi connectivity index (χ0) is 15.8. The SMILES string of the molecule is Cc1ccc(CNC(=O)CCNCc2ccccc2F)cc1. The highest BCUT2D eigenvalue weighted by Crippen LogP contribution is 2.05. The van der Waals surface area contributed by atoms with Crippen molar-refractivity contribution in [1.82, 2.24) is 10.6 Å². The Morgan fingerprint density at radius 2 is 1.77 bits per heavy atom. The van der Waals surface area contributed by atoms with Crippen LogP contribution in [0.4, 0.5) is 4.39 Å². The van der Waals surface area contributed by atoms with Gasteiger partial charge in [-0.15, -0.1) is 0 Å². The molecule has 2 N–H and O–H groups in total. The van der Waals surface area contributed by atoms with E-state index in [2.05, 4.69) is 10.6 Å². The molecule has 3 nitrogen and oxygen atoms in total. The average Bonchev–Trinajstić information content (AvgIpc) is 2.52. The van der Waals surface area contributed by atoms with Crippen LogP contribution >= 0.6 is 0 Å². The zero-order valence-corrected chi connectivity index (χ0v) is 12.7. The summed E-state index contributed by atoms with van der Waals surface area (Å²) >= 11 is 0. The van der Waals surface area contributed by atoms with Crippen LogP contribution in [0.1, 0.15) is 23.1 Å². The predicted molar refractivity (Wildman–Crippen MR) is 85.7 cm³/mol. The smallest absolute Gasteiger partial charge is 0.221 e. The summed E-state index contributed by atoms with van der Waals surface area (Å²) in [5.41, 5.74) is 2.90. The summed E-state index contributed by atoms with van der Waals surface area (Å²) in [6, 6.07) is 14.7. The van der Waals surface area contributed by atoms with Crippen LogP contribution in [0.25, 0.3) is 0 Å². The topological polar surface area (TPSA) is 41.1 Å². The molecule has 0 saturated carbocycles. The lowest BCUT2D eigenvalue weighted by molar-refractivity contribution is -0.121. The summed E-state index contributed by atoms with van der Waals surface area (Å²) in [7, 11) is 0. The first-order valence-electron chi connectivity index (χ1n) is 7.41. The molecule has 0 aliphatic carbocycles. The Hall–Kier alpha value is -2.20. The highest BCUT2D eigenvalue weighted by Gasteiger charge is 2.03. The third-order valence-corrected chi connectivity index (χ3v) is 3.41. The van der Waals surface area contributed by atoms with E-state index in [4.69, 9.17) is 0 Å². The molecule has 4 heteroatoms. The monoisotopic (exact) mass is 300 g/mol. The Balaban J connectivity index is 1.64. The second-order valence-corrected chi connectivity index (χ2v) is 5.28. The van der Waals surface area contributed by atoms with E-state index in [-0.39, 0.29) is 11.7 Å².